The summed E-state index contributed by atoms with van der Waals surface area (Å²) in [7, 11) is 0. The third-order valence-corrected chi connectivity index (χ3v) is 6.57. The highest BCUT2D eigenvalue weighted by atomic mass is 79.9. The average molecular weight is 527 g/mol. The Morgan fingerprint density at radius 2 is 1.77 bits per heavy atom. The number of nitrogens with zero attached hydrogens (tertiary/aromatic N) is 1. The molecule has 0 unspecified atom stereocenters. The topological polar surface area (TPSA) is 89.4 Å². The molecular formula is C23H26BrCl2N3O2. The van der Waals surface area contributed by atoms with Gasteiger partial charge in [0.25, 0.3) is 0 Å². The van der Waals surface area contributed by atoms with Gasteiger partial charge in [-0.3, -0.25) is 9.59 Å². The van der Waals surface area contributed by atoms with Crippen molar-refractivity contribution in [3.8, 4) is 0 Å². The molecule has 0 spiro atoms. The zero-order valence-corrected chi connectivity index (χ0v) is 20.6. The molecule has 0 heterocycles. The van der Waals surface area contributed by atoms with Gasteiger partial charge >= 0.3 is 0 Å². The van der Waals surface area contributed by atoms with E-state index in [4.69, 9.17) is 34.7 Å². The van der Waals surface area contributed by atoms with Crippen LogP contribution in [0.2, 0.25) is 10.0 Å². The number of hydrogen-bond donors (Lipinski definition) is 2. The summed E-state index contributed by atoms with van der Waals surface area (Å²) in [6.45, 7) is 3.82. The average Bonchev–Trinajstić information content (AvgIpc) is 3.46. The van der Waals surface area contributed by atoms with E-state index in [0.717, 1.165) is 15.6 Å². The zero-order chi connectivity index (χ0) is 23.0. The summed E-state index contributed by atoms with van der Waals surface area (Å²) >= 11 is 15.9. The molecule has 3 rings (SSSR count). The molecule has 0 bridgehead atoms. The van der Waals surface area contributed by atoms with Crippen LogP contribution in [0.1, 0.15) is 37.8 Å². The minimum Gasteiger partial charge on any atom is -0.368 e. The lowest BCUT2D eigenvalue weighted by atomic mass is 9.91. The second-order valence-corrected chi connectivity index (χ2v) is 10.6. The molecule has 2 aromatic rings. The van der Waals surface area contributed by atoms with Crippen LogP contribution in [0, 0.1) is 0 Å². The zero-order valence-electron chi connectivity index (χ0n) is 17.5. The lowest BCUT2D eigenvalue weighted by Gasteiger charge is -2.37. The van der Waals surface area contributed by atoms with E-state index in [1.807, 2.05) is 38.1 Å². The molecule has 31 heavy (non-hydrogen) atoms. The standard InChI is InChI=1S/C23H26BrCl2N3O2/c1-22(2,28)13-29(19(20(27)30)11-14-3-5-15(24)6-4-14)21(31)23(9-10-23)17-8-7-16(25)12-18(17)26/h3-8,12,19H,9-11,13,28H2,1-2H3,(H2,27,30)/t19-/m0/s1. The number of hydrogen-bond acceptors (Lipinski definition) is 3. The van der Waals surface area contributed by atoms with Gasteiger partial charge < -0.3 is 16.4 Å². The van der Waals surface area contributed by atoms with Crippen molar-refractivity contribution in [1.29, 1.82) is 0 Å². The van der Waals surface area contributed by atoms with Crippen molar-refractivity contribution in [1.82, 2.24) is 4.90 Å². The van der Waals surface area contributed by atoms with Crippen LogP contribution in [-0.2, 0) is 21.4 Å². The predicted octanol–water partition coefficient (Wildman–Crippen LogP) is 4.45. The van der Waals surface area contributed by atoms with Crippen LogP contribution in [0.15, 0.2) is 46.9 Å². The first-order valence-corrected chi connectivity index (χ1v) is 11.6. The van der Waals surface area contributed by atoms with Gasteiger partial charge in [0.15, 0.2) is 0 Å². The highest BCUT2D eigenvalue weighted by Gasteiger charge is 2.55. The summed E-state index contributed by atoms with van der Waals surface area (Å²) in [6, 6.07) is 11.9. The van der Waals surface area contributed by atoms with Crippen LogP contribution in [0.4, 0.5) is 0 Å². The summed E-state index contributed by atoms with van der Waals surface area (Å²) in [5, 5.41) is 0.941. The van der Waals surface area contributed by atoms with Crippen molar-refractivity contribution in [2.45, 2.75) is 50.1 Å². The van der Waals surface area contributed by atoms with Crippen molar-refractivity contribution in [2.75, 3.05) is 6.54 Å². The van der Waals surface area contributed by atoms with Crippen molar-refractivity contribution in [3.63, 3.8) is 0 Å². The van der Waals surface area contributed by atoms with Crippen LogP contribution in [-0.4, -0.2) is 34.8 Å². The molecule has 2 amide bonds. The van der Waals surface area contributed by atoms with Crippen LogP contribution in [0.25, 0.3) is 0 Å². The number of carbonyl (C=O) groups is 2. The van der Waals surface area contributed by atoms with Gasteiger partial charge in [-0.15, -0.1) is 0 Å². The first-order valence-electron chi connectivity index (χ1n) is 10.0. The molecule has 0 saturated heterocycles. The van der Waals surface area contributed by atoms with E-state index in [2.05, 4.69) is 15.9 Å². The smallest absolute Gasteiger partial charge is 0.240 e. The van der Waals surface area contributed by atoms with Gasteiger partial charge in [-0.1, -0.05) is 57.3 Å². The third-order valence-electron chi connectivity index (χ3n) is 5.49. The molecule has 1 aliphatic carbocycles. The molecule has 166 valence electrons. The number of rotatable bonds is 8. The number of amides is 2. The van der Waals surface area contributed by atoms with Crippen molar-refractivity contribution >= 4 is 50.9 Å². The number of nitrogens with two attached hydrogens (primary N) is 2. The van der Waals surface area contributed by atoms with Gasteiger partial charge in [0.2, 0.25) is 11.8 Å². The lowest BCUT2D eigenvalue weighted by molar-refractivity contribution is -0.142. The molecule has 2 aromatic carbocycles. The second kappa shape index (κ2) is 9.10. The fourth-order valence-electron chi connectivity index (χ4n) is 3.85. The van der Waals surface area contributed by atoms with E-state index in [-0.39, 0.29) is 12.5 Å². The Kier molecular flexibility index (Phi) is 7.06. The van der Waals surface area contributed by atoms with E-state index in [0.29, 0.717) is 29.3 Å². The van der Waals surface area contributed by atoms with E-state index >= 15 is 0 Å². The van der Waals surface area contributed by atoms with E-state index in [1.54, 1.807) is 23.1 Å². The molecule has 0 aliphatic heterocycles. The highest BCUT2D eigenvalue weighted by molar-refractivity contribution is 9.10. The lowest BCUT2D eigenvalue weighted by Crippen LogP contribution is -2.58. The predicted molar refractivity (Wildman–Crippen MR) is 128 cm³/mol. The Bertz CT molecular complexity index is 985. The summed E-state index contributed by atoms with van der Waals surface area (Å²) in [6.07, 6.45) is 1.58. The molecule has 1 atom stereocenters. The SMILES string of the molecule is CC(C)(N)CN(C(=O)C1(c2ccc(Cl)cc2Cl)CC1)[C@@H](Cc1ccc(Br)cc1)C(N)=O. The van der Waals surface area contributed by atoms with Gasteiger partial charge in [0, 0.05) is 33.0 Å². The fourth-order valence-corrected chi connectivity index (χ4v) is 4.70. The van der Waals surface area contributed by atoms with Gasteiger partial charge in [0.1, 0.15) is 6.04 Å². The molecule has 5 nitrogen and oxygen atoms in total. The third kappa shape index (κ3) is 5.61. The second-order valence-electron chi connectivity index (χ2n) is 8.88. The van der Waals surface area contributed by atoms with E-state index in [1.165, 1.54) is 0 Å². The van der Waals surface area contributed by atoms with Crippen LogP contribution in [0.5, 0.6) is 0 Å². The van der Waals surface area contributed by atoms with Crippen LogP contribution in [0.3, 0.4) is 0 Å². The fraction of sp³-hybridized carbons (Fsp3) is 0.391. The van der Waals surface area contributed by atoms with E-state index < -0.39 is 22.9 Å². The Hall–Kier alpha value is -1.60. The maximum absolute atomic E-state index is 13.9. The minimum atomic E-state index is -0.833. The number of benzene rings is 2. The molecule has 1 aliphatic rings. The molecular weight excluding hydrogens is 501 g/mol. The normalized spacial score (nSPS) is 15.9. The summed E-state index contributed by atoms with van der Waals surface area (Å²) in [5.41, 5.74) is 12.2. The number of halogens is 3. The van der Waals surface area contributed by atoms with Crippen molar-refractivity contribution in [3.05, 3.63) is 68.1 Å². The molecule has 1 saturated carbocycles. The quantitative estimate of drug-likeness (QED) is 0.532. The monoisotopic (exact) mass is 525 g/mol. The highest BCUT2D eigenvalue weighted by Crippen LogP contribution is 2.52. The van der Waals surface area contributed by atoms with Crippen LogP contribution < -0.4 is 11.5 Å². The van der Waals surface area contributed by atoms with E-state index in [9.17, 15) is 9.59 Å². The number of primary amides is 1. The molecule has 8 heteroatoms. The Morgan fingerprint density at radius 3 is 2.26 bits per heavy atom. The maximum Gasteiger partial charge on any atom is 0.240 e. The molecule has 4 N–H and O–H groups in total. The Morgan fingerprint density at radius 1 is 1.16 bits per heavy atom. The molecule has 0 aromatic heterocycles. The Labute approximate surface area is 201 Å². The summed E-state index contributed by atoms with van der Waals surface area (Å²) in [4.78, 5) is 28.0. The largest absolute Gasteiger partial charge is 0.368 e. The minimum absolute atomic E-state index is 0.183. The van der Waals surface area contributed by atoms with Gasteiger partial charge in [0.05, 0.1) is 5.41 Å². The number of carbonyl (C=O) groups excluding carboxylic acids is 2. The van der Waals surface area contributed by atoms with Gasteiger partial charge in [-0.2, -0.15) is 0 Å². The first kappa shape index (κ1) is 24.1. The first-order chi connectivity index (χ1) is 14.4. The van der Waals surface area contributed by atoms with Crippen molar-refractivity contribution < 1.29 is 9.59 Å². The van der Waals surface area contributed by atoms with Crippen molar-refractivity contribution in [2.24, 2.45) is 11.5 Å². The maximum atomic E-state index is 13.9. The van der Waals surface area contributed by atoms with Gasteiger partial charge in [-0.25, -0.2) is 0 Å². The molecule has 0 radical (unpaired) electrons. The Balaban J connectivity index is 1.99. The summed E-state index contributed by atoms with van der Waals surface area (Å²) < 4.78 is 0.928. The van der Waals surface area contributed by atoms with Gasteiger partial charge in [-0.05, 0) is 62.1 Å². The van der Waals surface area contributed by atoms with Crippen LogP contribution >= 0.6 is 39.1 Å². The molecule has 1 fully saturated rings. The summed E-state index contributed by atoms with van der Waals surface area (Å²) in [5.74, 6) is -0.755.